The fourth-order valence-electron chi connectivity index (χ4n) is 2.46. The molecule has 0 aliphatic rings. The zero-order chi connectivity index (χ0) is 20.0. The molecule has 0 aliphatic carbocycles. The van der Waals surface area contributed by atoms with Crippen molar-refractivity contribution < 1.29 is 19.1 Å². The highest BCUT2D eigenvalue weighted by atomic mass is 79.9. The van der Waals surface area contributed by atoms with E-state index in [1.165, 1.54) is 0 Å². The van der Waals surface area contributed by atoms with E-state index in [2.05, 4.69) is 37.2 Å². The molecule has 0 unspecified atom stereocenters. The number of hydrogen-bond acceptors (Lipinski definition) is 4. The second kappa shape index (κ2) is 9.90. The third kappa shape index (κ3) is 5.81. The van der Waals surface area contributed by atoms with E-state index in [9.17, 15) is 9.59 Å². The van der Waals surface area contributed by atoms with Gasteiger partial charge in [0, 0.05) is 14.5 Å². The molecule has 1 N–H and O–H groups in total. The lowest BCUT2D eigenvalue weighted by Crippen LogP contribution is -2.45. The maximum atomic E-state index is 12.6. The van der Waals surface area contributed by atoms with Crippen LogP contribution in [0.5, 0.6) is 5.75 Å². The number of ether oxygens (including phenoxy) is 2. The molecule has 0 heterocycles. The van der Waals surface area contributed by atoms with Gasteiger partial charge in [0.2, 0.25) is 0 Å². The Balaban J connectivity index is 2.08. The van der Waals surface area contributed by atoms with Gasteiger partial charge in [0.05, 0.1) is 12.7 Å². The van der Waals surface area contributed by atoms with E-state index in [-0.39, 0.29) is 18.4 Å². The molecule has 0 bridgehead atoms. The summed E-state index contributed by atoms with van der Waals surface area (Å²) in [5.41, 5.74) is 1.20. The van der Waals surface area contributed by atoms with Crippen molar-refractivity contribution in [3.8, 4) is 5.75 Å². The van der Waals surface area contributed by atoms with Crippen molar-refractivity contribution in [1.82, 2.24) is 5.32 Å². The number of methoxy groups -OCH3 is 1. The minimum absolute atomic E-state index is 0.0512. The third-order valence-electron chi connectivity index (χ3n) is 3.94. The van der Waals surface area contributed by atoms with Crippen molar-refractivity contribution in [3.63, 3.8) is 0 Å². The Hall–Kier alpha value is -1.86. The van der Waals surface area contributed by atoms with Gasteiger partial charge in [-0.1, -0.05) is 41.9 Å². The molecule has 27 heavy (non-hydrogen) atoms. The van der Waals surface area contributed by atoms with Crippen LogP contribution in [0.1, 0.15) is 29.8 Å². The zero-order valence-electron chi connectivity index (χ0n) is 15.3. The van der Waals surface area contributed by atoms with Gasteiger partial charge in [0.15, 0.2) is 0 Å². The number of halogens is 2. The quantitative estimate of drug-likeness (QED) is 0.561. The zero-order valence-corrected chi connectivity index (χ0v) is 18.5. The molecule has 2 aromatic carbocycles. The van der Waals surface area contributed by atoms with Gasteiger partial charge in [0.25, 0.3) is 5.91 Å². The SMILES string of the molecule is COc1ccc(Br)cc1COC(=O)[C@@H](NC(=O)c1ccccc1Br)C(C)C. The predicted octanol–water partition coefficient (Wildman–Crippen LogP) is 4.72. The van der Waals surface area contributed by atoms with E-state index >= 15 is 0 Å². The normalized spacial score (nSPS) is 11.8. The van der Waals surface area contributed by atoms with Crippen LogP contribution in [-0.4, -0.2) is 25.0 Å². The van der Waals surface area contributed by atoms with Crippen LogP contribution in [-0.2, 0) is 16.1 Å². The van der Waals surface area contributed by atoms with Crippen LogP contribution in [0, 0.1) is 5.92 Å². The minimum atomic E-state index is -0.761. The second-order valence-electron chi connectivity index (χ2n) is 6.24. The topological polar surface area (TPSA) is 64.6 Å². The summed E-state index contributed by atoms with van der Waals surface area (Å²) in [6.07, 6.45) is 0. The summed E-state index contributed by atoms with van der Waals surface area (Å²) in [5.74, 6) is -0.330. The van der Waals surface area contributed by atoms with Gasteiger partial charge in [0.1, 0.15) is 18.4 Å². The number of carbonyl (C=O) groups is 2. The van der Waals surface area contributed by atoms with E-state index < -0.39 is 12.0 Å². The Kier molecular flexibility index (Phi) is 7.86. The standard InChI is InChI=1S/C20H21Br2NO4/c1-12(2)18(23-19(24)15-6-4-5-7-16(15)22)20(25)27-11-13-10-14(21)8-9-17(13)26-3/h4-10,12,18H,11H2,1-3H3,(H,23,24)/t18-/m0/s1. The van der Waals surface area contributed by atoms with E-state index in [4.69, 9.17) is 9.47 Å². The lowest BCUT2D eigenvalue weighted by atomic mass is 10.0. The highest BCUT2D eigenvalue weighted by Gasteiger charge is 2.27. The maximum Gasteiger partial charge on any atom is 0.329 e. The molecule has 0 saturated heterocycles. The Morgan fingerprint density at radius 3 is 2.44 bits per heavy atom. The molecular formula is C20H21Br2NO4. The van der Waals surface area contributed by atoms with Crippen molar-refractivity contribution in [2.24, 2.45) is 5.92 Å². The molecule has 0 saturated carbocycles. The molecule has 144 valence electrons. The number of amides is 1. The van der Waals surface area contributed by atoms with Gasteiger partial charge in [-0.25, -0.2) is 4.79 Å². The summed E-state index contributed by atoms with van der Waals surface area (Å²) in [4.78, 5) is 25.1. The Bertz CT molecular complexity index is 823. The third-order valence-corrected chi connectivity index (χ3v) is 5.12. The summed E-state index contributed by atoms with van der Waals surface area (Å²) in [6, 6.07) is 11.8. The average molecular weight is 499 g/mol. The second-order valence-corrected chi connectivity index (χ2v) is 8.01. The lowest BCUT2D eigenvalue weighted by Gasteiger charge is -2.21. The van der Waals surface area contributed by atoms with Crippen LogP contribution in [0.15, 0.2) is 51.4 Å². The first-order valence-corrected chi connectivity index (χ1v) is 9.96. The van der Waals surface area contributed by atoms with Gasteiger partial charge < -0.3 is 14.8 Å². The molecule has 0 fully saturated rings. The van der Waals surface area contributed by atoms with Gasteiger partial charge in [-0.15, -0.1) is 0 Å². The van der Waals surface area contributed by atoms with Crippen molar-refractivity contribution in [1.29, 1.82) is 0 Å². The fourth-order valence-corrected chi connectivity index (χ4v) is 3.33. The summed E-state index contributed by atoms with van der Waals surface area (Å²) in [7, 11) is 1.56. The minimum Gasteiger partial charge on any atom is -0.496 e. The van der Waals surface area contributed by atoms with Gasteiger partial charge in [-0.05, 0) is 52.2 Å². The van der Waals surface area contributed by atoms with E-state index in [0.29, 0.717) is 15.8 Å². The van der Waals surface area contributed by atoms with Crippen molar-refractivity contribution >= 4 is 43.7 Å². The van der Waals surface area contributed by atoms with Crippen LogP contribution in [0.4, 0.5) is 0 Å². The summed E-state index contributed by atoms with van der Waals surface area (Å²) in [5, 5.41) is 2.77. The molecular weight excluding hydrogens is 478 g/mol. The lowest BCUT2D eigenvalue weighted by molar-refractivity contribution is -0.148. The van der Waals surface area contributed by atoms with Crippen LogP contribution < -0.4 is 10.1 Å². The maximum absolute atomic E-state index is 12.6. The molecule has 0 aliphatic heterocycles. The molecule has 2 aromatic rings. The van der Waals surface area contributed by atoms with Crippen LogP contribution in [0.2, 0.25) is 0 Å². The summed E-state index contributed by atoms with van der Waals surface area (Å²) in [6.45, 7) is 3.76. The number of benzene rings is 2. The Labute approximate surface area is 175 Å². The molecule has 0 spiro atoms. The van der Waals surface area contributed by atoms with Crippen LogP contribution >= 0.6 is 31.9 Å². The Morgan fingerprint density at radius 1 is 1.11 bits per heavy atom. The first kappa shape index (κ1) is 21.4. The first-order valence-electron chi connectivity index (χ1n) is 8.38. The summed E-state index contributed by atoms with van der Waals surface area (Å²) < 4.78 is 12.3. The van der Waals surface area contributed by atoms with E-state index in [1.807, 2.05) is 32.0 Å². The monoisotopic (exact) mass is 497 g/mol. The highest BCUT2D eigenvalue weighted by Crippen LogP contribution is 2.24. The fraction of sp³-hybridized carbons (Fsp3) is 0.300. The van der Waals surface area contributed by atoms with Gasteiger partial charge in [-0.3, -0.25) is 4.79 Å². The molecule has 0 radical (unpaired) electrons. The summed E-state index contributed by atoms with van der Waals surface area (Å²) >= 11 is 6.74. The predicted molar refractivity (Wildman–Crippen MR) is 111 cm³/mol. The van der Waals surface area contributed by atoms with E-state index in [0.717, 1.165) is 10.0 Å². The molecule has 5 nitrogen and oxygen atoms in total. The number of esters is 1. The van der Waals surface area contributed by atoms with Crippen LogP contribution in [0.3, 0.4) is 0 Å². The van der Waals surface area contributed by atoms with Crippen molar-refractivity contribution in [3.05, 3.63) is 62.5 Å². The number of rotatable bonds is 7. The average Bonchev–Trinajstić information content (AvgIpc) is 2.64. The number of carbonyl (C=O) groups excluding carboxylic acids is 2. The van der Waals surface area contributed by atoms with Gasteiger partial charge >= 0.3 is 5.97 Å². The Morgan fingerprint density at radius 2 is 1.81 bits per heavy atom. The first-order chi connectivity index (χ1) is 12.8. The van der Waals surface area contributed by atoms with Crippen LogP contribution in [0.25, 0.3) is 0 Å². The largest absolute Gasteiger partial charge is 0.496 e. The molecule has 1 atom stereocenters. The van der Waals surface area contributed by atoms with Crippen molar-refractivity contribution in [2.75, 3.05) is 7.11 Å². The molecule has 7 heteroatoms. The molecule has 1 amide bonds. The molecule has 2 rings (SSSR count). The number of hydrogen-bond donors (Lipinski definition) is 1. The smallest absolute Gasteiger partial charge is 0.329 e. The van der Waals surface area contributed by atoms with Crippen molar-refractivity contribution in [2.45, 2.75) is 26.5 Å². The van der Waals surface area contributed by atoms with E-state index in [1.54, 1.807) is 31.4 Å². The highest BCUT2D eigenvalue weighted by molar-refractivity contribution is 9.10. The molecule has 0 aromatic heterocycles. The number of nitrogens with one attached hydrogen (secondary N) is 1. The van der Waals surface area contributed by atoms with Gasteiger partial charge in [-0.2, -0.15) is 0 Å².